The number of alkyl halides is 4. The van der Waals surface area contributed by atoms with E-state index in [1.165, 1.54) is 12.1 Å². The van der Waals surface area contributed by atoms with Crippen LogP contribution in [0.5, 0.6) is 5.75 Å². The average Bonchev–Trinajstić information content (AvgIpc) is 2.29. The number of benzene rings is 1. The van der Waals surface area contributed by atoms with Crippen molar-refractivity contribution in [2.75, 3.05) is 6.54 Å². The summed E-state index contributed by atoms with van der Waals surface area (Å²) in [5, 5.41) is 0. The zero-order valence-electron chi connectivity index (χ0n) is 9.86. The smallest absolute Gasteiger partial charge is 0.428 e. The third kappa shape index (κ3) is 5.22. The molecule has 0 aliphatic heterocycles. The first-order chi connectivity index (χ1) is 8.36. The van der Waals surface area contributed by atoms with Gasteiger partial charge < -0.3 is 16.2 Å². The highest BCUT2D eigenvalue weighted by molar-refractivity contribution is 5.85. The minimum Gasteiger partial charge on any atom is -0.428 e. The highest BCUT2D eigenvalue weighted by Gasteiger charge is 2.43. The van der Waals surface area contributed by atoms with Crippen molar-refractivity contribution in [3.8, 4) is 5.75 Å². The van der Waals surface area contributed by atoms with Crippen LogP contribution in [0.15, 0.2) is 24.3 Å². The number of ether oxygens (including phenoxy) is 1. The summed E-state index contributed by atoms with van der Waals surface area (Å²) in [5.74, 6) is -0.356. The lowest BCUT2D eigenvalue weighted by Gasteiger charge is -2.18. The number of nitrogens with two attached hydrogens (primary N) is 2. The zero-order valence-corrected chi connectivity index (χ0v) is 10.7. The van der Waals surface area contributed by atoms with Crippen molar-refractivity contribution in [1.82, 2.24) is 0 Å². The molecule has 0 saturated heterocycles. The van der Waals surface area contributed by atoms with E-state index in [4.69, 9.17) is 11.5 Å². The Morgan fingerprint density at radius 3 is 2.42 bits per heavy atom. The molecule has 0 aliphatic rings. The monoisotopic (exact) mass is 302 g/mol. The Morgan fingerprint density at radius 2 is 1.89 bits per heavy atom. The van der Waals surface area contributed by atoms with Crippen LogP contribution >= 0.6 is 12.4 Å². The Labute approximate surface area is 114 Å². The van der Waals surface area contributed by atoms with Crippen LogP contribution in [0, 0.1) is 0 Å². The molecule has 1 aromatic rings. The summed E-state index contributed by atoms with van der Waals surface area (Å²) < 4.78 is 53.3. The van der Waals surface area contributed by atoms with E-state index in [1.54, 1.807) is 6.07 Å². The van der Waals surface area contributed by atoms with Gasteiger partial charge >= 0.3 is 12.5 Å². The molecule has 4 N–H and O–H groups in total. The molecule has 1 aromatic carbocycles. The number of rotatable bonds is 6. The lowest BCUT2D eigenvalue weighted by molar-refractivity contribution is -0.253. The molecule has 3 nitrogen and oxygen atoms in total. The van der Waals surface area contributed by atoms with Crippen LogP contribution in [0.2, 0.25) is 0 Å². The fraction of sp³-hybridized carbons (Fsp3) is 0.455. The zero-order chi connectivity index (χ0) is 13.8. The second-order valence-electron chi connectivity index (χ2n) is 3.72. The minimum absolute atomic E-state index is 0. The summed E-state index contributed by atoms with van der Waals surface area (Å²) >= 11 is 0. The fourth-order valence-electron chi connectivity index (χ4n) is 1.36. The molecule has 8 heteroatoms. The van der Waals surface area contributed by atoms with Gasteiger partial charge in [0, 0.05) is 6.04 Å². The van der Waals surface area contributed by atoms with E-state index < -0.39 is 18.6 Å². The second kappa shape index (κ2) is 7.52. The first-order valence-electron chi connectivity index (χ1n) is 5.27. The molecule has 0 aliphatic carbocycles. The first-order valence-corrected chi connectivity index (χ1v) is 5.27. The largest absolute Gasteiger partial charge is 0.461 e. The van der Waals surface area contributed by atoms with Crippen molar-refractivity contribution in [1.29, 1.82) is 0 Å². The standard InChI is InChI=1S/C11H14F4N2O.ClH/c12-10(13)11(14,15)18-8-3-1-2-7(6-8)9(17)4-5-16;/h1-3,6,9-10H,4-5,16-17H2;1H/t9-;/m1./s1. The average molecular weight is 303 g/mol. The number of hydrogen-bond donors (Lipinski definition) is 2. The van der Waals surface area contributed by atoms with E-state index in [9.17, 15) is 17.6 Å². The van der Waals surface area contributed by atoms with Crippen LogP contribution in [-0.4, -0.2) is 19.1 Å². The van der Waals surface area contributed by atoms with Gasteiger partial charge in [0.25, 0.3) is 0 Å². The van der Waals surface area contributed by atoms with E-state index in [2.05, 4.69) is 4.74 Å². The van der Waals surface area contributed by atoms with Crippen molar-refractivity contribution >= 4 is 12.4 Å². The van der Waals surface area contributed by atoms with Crippen LogP contribution < -0.4 is 16.2 Å². The molecular formula is C11H15ClF4N2O. The fourth-order valence-corrected chi connectivity index (χ4v) is 1.36. The van der Waals surface area contributed by atoms with Gasteiger partial charge in [-0.1, -0.05) is 12.1 Å². The second-order valence-corrected chi connectivity index (χ2v) is 3.72. The van der Waals surface area contributed by atoms with Crippen molar-refractivity contribution < 1.29 is 22.3 Å². The van der Waals surface area contributed by atoms with Crippen LogP contribution in [0.4, 0.5) is 17.6 Å². The quantitative estimate of drug-likeness (QED) is 0.794. The Bertz CT molecular complexity index is 393. The van der Waals surface area contributed by atoms with Crippen LogP contribution in [-0.2, 0) is 0 Å². The molecule has 1 rings (SSSR count). The normalized spacial score (nSPS) is 13.0. The van der Waals surface area contributed by atoms with Crippen molar-refractivity contribution in [2.24, 2.45) is 11.5 Å². The maximum Gasteiger partial charge on any atom is 0.461 e. The molecule has 0 fully saturated rings. The van der Waals surface area contributed by atoms with Gasteiger partial charge in [-0.2, -0.15) is 17.6 Å². The summed E-state index contributed by atoms with van der Waals surface area (Å²) in [7, 11) is 0. The van der Waals surface area contributed by atoms with Crippen LogP contribution in [0.3, 0.4) is 0 Å². The van der Waals surface area contributed by atoms with E-state index in [-0.39, 0.29) is 18.2 Å². The summed E-state index contributed by atoms with van der Waals surface area (Å²) in [5.41, 5.74) is 11.5. The SMILES string of the molecule is Cl.NCC[C@@H](N)c1cccc(OC(F)(F)C(F)F)c1. The third-order valence-corrected chi connectivity index (χ3v) is 2.27. The molecule has 0 aromatic heterocycles. The van der Waals surface area contributed by atoms with Gasteiger partial charge in [-0.05, 0) is 30.7 Å². The van der Waals surface area contributed by atoms with Gasteiger partial charge in [0.15, 0.2) is 0 Å². The summed E-state index contributed by atoms with van der Waals surface area (Å²) in [6, 6.07) is 4.92. The van der Waals surface area contributed by atoms with Crippen molar-refractivity contribution in [3.05, 3.63) is 29.8 Å². The molecule has 0 bridgehead atoms. The predicted molar refractivity (Wildman–Crippen MR) is 65.9 cm³/mol. The Hall–Kier alpha value is -1.05. The Morgan fingerprint density at radius 1 is 1.26 bits per heavy atom. The molecule has 19 heavy (non-hydrogen) atoms. The van der Waals surface area contributed by atoms with Gasteiger partial charge in [0.2, 0.25) is 0 Å². The highest BCUT2D eigenvalue weighted by Crippen LogP contribution is 2.29. The lowest BCUT2D eigenvalue weighted by Crippen LogP contribution is -2.33. The Kier molecular flexibility index (Phi) is 7.10. The third-order valence-electron chi connectivity index (χ3n) is 2.27. The predicted octanol–water partition coefficient (Wildman–Crippen LogP) is 2.69. The molecule has 0 spiro atoms. The topological polar surface area (TPSA) is 61.3 Å². The molecule has 0 heterocycles. The maximum absolute atomic E-state index is 12.7. The van der Waals surface area contributed by atoms with E-state index in [0.717, 1.165) is 6.07 Å². The van der Waals surface area contributed by atoms with Crippen molar-refractivity contribution in [2.45, 2.75) is 25.0 Å². The summed E-state index contributed by atoms with van der Waals surface area (Å²) in [6.45, 7) is 0.333. The van der Waals surface area contributed by atoms with E-state index >= 15 is 0 Å². The molecule has 1 atom stereocenters. The maximum atomic E-state index is 12.7. The van der Waals surface area contributed by atoms with Gasteiger partial charge in [0.05, 0.1) is 0 Å². The highest BCUT2D eigenvalue weighted by atomic mass is 35.5. The van der Waals surface area contributed by atoms with Crippen molar-refractivity contribution in [3.63, 3.8) is 0 Å². The van der Waals surface area contributed by atoms with Gasteiger partial charge in [-0.3, -0.25) is 0 Å². The van der Waals surface area contributed by atoms with Gasteiger partial charge in [0.1, 0.15) is 5.75 Å². The van der Waals surface area contributed by atoms with E-state index in [1.807, 2.05) is 0 Å². The summed E-state index contributed by atoms with van der Waals surface area (Å²) in [6.07, 6.45) is -7.95. The number of halogens is 5. The molecule has 0 amide bonds. The van der Waals surface area contributed by atoms with Crippen LogP contribution in [0.1, 0.15) is 18.0 Å². The molecule has 0 radical (unpaired) electrons. The summed E-state index contributed by atoms with van der Waals surface area (Å²) in [4.78, 5) is 0. The van der Waals surface area contributed by atoms with E-state index in [0.29, 0.717) is 18.5 Å². The number of hydrogen-bond acceptors (Lipinski definition) is 3. The molecule has 0 unspecified atom stereocenters. The molecular weight excluding hydrogens is 288 g/mol. The van der Waals surface area contributed by atoms with Gasteiger partial charge in [-0.25, -0.2) is 0 Å². The first kappa shape index (κ1) is 17.9. The molecule has 110 valence electrons. The molecule has 0 saturated carbocycles. The van der Waals surface area contributed by atoms with Crippen LogP contribution in [0.25, 0.3) is 0 Å². The lowest BCUT2D eigenvalue weighted by atomic mass is 10.0. The van der Waals surface area contributed by atoms with Gasteiger partial charge in [-0.15, -0.1) is 12.4 Å². The Balaban J connectivity index is 0.00000324. The minimum atomic E-state index is -4.52.